The average molecular weight is 325 g/mol. The van der Waals surface area contributed by atoms with Gasteiger partial charge in [0.2, 0.25) is 0 Å². The summed E-state index contributed by atoms with van der Waals surface area (Å²) in [6.07, 6.45) is 1.49. The highest BCUT2D eigenvalue weighted by atomic mass is 79.9. The minimum atomic E-state index is -0.505. The van der Waals surface area contributed by atoms with E-state index in [4.69, 9.17) is 4.74 Å². The number of halogens is 1. The number of aromatic amines is 1. The van der Waals surface area contributed by atoms with Crippen LogP contribution in [0.25, 0.3) is 10.9 Å². The van der Waals surface area contributed by atoms with Crippen LogP contribution >= 0.6 is 15.9 Å². The van der Waals surface area contributed by atoms with E-state index in [1.807, 2.05) is 46.0 Å². The second-order valence-electron chi connectivity index (χ2n) is 5.48. The zero-order valence-corrected chi connectivity index (χ0v) is 13.0. The van der Waals surface area contributed by atoms with Gasteiger partial charge in [0.15, 0.2) is 0 Å². The third-order valence-corrected chi connectivity index (χ3v) is 3.22. The molecule has 0 radical (unpaired) electrons. The Morgan fingerprint density at radius 2 is 2.05 bits per heavy atom. The molecule has 0 aliphatic rings. The molecule has 1 amide bonds. The van der Waals surface area contributed by atoms with Crippen LogP contribution in [0.15, 0.2) is 22.8 Å². The lowest BCUT2D eigenvalue weighted by Gasteiger charge is -2.19. The lowest BCUT2D eigenvalue weighted by atomic mass is 10.2. The third-order valence-electron chi connectivity index (χ3n) is 2.59. The predicted octanol–water partition coefficient (Wildman–Crippen LogP) is 4.59. The van der Waals surface area contributed by atoms with E-state index in [1.54, 1.807) is 0 Å². The molecule has 1 aromatic heterocycles. The van der Waals surface area contributed by atoms with Gasteiger partial charge in [0.05, 0.1) is 5.52 Å². The Kier molecular flexibility index (Phi) is 3.58. The molecule has 0 fully saturated rings. The lowest BCUT2D eigenvalue weighted by Crippen LogP contribution is -2.27. The normalized spacial score (nSPS) is 11.6. The smallest absolute Gasteiger partial charge is 0.412 e. The molecular formula is C14H17BrN2O2. The van der Waals surface area contributed by atoms with E-state index in [0.717, 1.165) is 20.9 Å². The second kappa shape index (κ2) is 4.89. The molecule has 0 saturated heterocycles. The Labute approximate surface area is 120 Å². The summed E-state index contributed by atoms with van der Waals surface area (Å²) in [4.78, 5) is 14.9. The maximum Gasteiger partial charge on any atom is 0.412 e. The topological polar surface area (TPSA) is 54.1 Å². The Bertz CT molecular complexity index is 626. The number of anilines is 1. The van der Waals surface area contributed by atoms with Gasteiger partial charge in [-0.3, -0.25) is 5.32 Å². The van der Waals surface area contributed by atoms with Crippen LogP contribution in [-0.4, -0.2) is 16.7 Å². The summed E-state index contributed by atoms with van der Waals surface area (Å²) in [7, 11) is 0. The molecule has 0 aliphatic carbocycles. The number of aromatic nitrogens is 1. The van der Waals surface area contributed by atoms with Gasteiger partial charge in [-0.1, -0.05) is 0 Å². The Morgan fingerprint density at radius 3 is 2.68 bits per heavy atom. The molecule has 102 valence electrons. The quantitative estimate of drug-likeness (QED) is 0.806. The van der Waals surface area contributed by atoms with E-state index in [9.17, 15) is 4.79 Å². The molecule has 19 heavy (non-hydrogen) atoms. The summed E-state index contributed by atoms with van der Waals surface area (Å²) >= 11 is 3.49. The number of amides is 1. The molecule has 0 bridgehead atoms. The van der Waals surface area contributed by atoms with Crippen LogP contribution in [0.4, 0.5) is 10.5 Å². The van der Waals surface area contributed by atoms with Crippen molar-refractivity contribution in [1.82, 2.24) is 4.98 Å². The fourth-order valence-electron chi connectivity index (χ4n) is 1.82. The molecule has 0 aliphatic heterocycles. The summed E-state index contributed by atoms with van der Waals surface area (Å²) in [5.41, 5.74) is 2.35. The third kappa shape index (κ3) is 3.29. The summed E-state index contributed by atoms with van der Waals surface area (Å²) in [5.74, 6) is 0. The van der Waals surface area contributed by atoms with Crippen LogP contribution in [0.3, 0.4) is 0 Å². The van der Waals surface area contributed by atoms with Crippen LogP contribution in [0.5, 0.6) is 0 Å². The summed E-state index contributed by atoms with van der Waals surface area (Å²) in [6.45, 7) is 7.52. The number of nitrogens with one attached hydrogen (secondary N) is 2. The minimum absolute atomic E-state index is 0.452. The minimum Gasteiger partial charge on any atom is -0.444 e. The molecule has 0 unspecified atom stereocenters. The number of hydrogen-bond donors (Lipinski definition) is 2. The van der Waals surface area contributed by atoms with E-state index in [0.29, 0.717) is 5.69 Å². The number of H-pyrrole nitrogens is 1. The maximum absolute atomic E-state index is 11.7. The SMILES string of the molecule is Cc1c[nH]c2c(Br)cc(NC(=O)OC(C)(C)C)cc12. The van der Waals surface area contributed by atoms with Gasteiger partial charge in [-0.25, -0.2) is 4.79 Å². The van der Waals surface area contributed by atoms with Crippen LogP contribution in [-0.2, 0) is 4.74 Å². The molecule has 2 N–H and O–H groups in total. The van der Waals surface area contributed by atoms with Gasteiger partial charge in [0.25, 0.3) is 0 Å². The highest BCUT2D eigenvalue weighted by Crippen LogP contribution is 2.29. The summed E-state index contributed by atoms with van der Waals surface area (Å²) in [5, 5.41) is 3.81. The van der Waals surface area contributed by atoms with Crippen LogP contribution in [0.2, 0.25) is 0 Å². The highest BCUT2D eigenvalue weighted by Gasteiger charge is 2.16. The Hall–Kier alpha value is -1.49. The number of carbonyl (C=O) groups is 1. The molecule has 0 atom stereocenters. The number of aryl methyl sites for hydroxylation is 1. The van der Waals surface area contributed by atoms with Crippen molar-refractivity contribution in [2.24, 2.45) is 0 Å². The number of benzene rings is 1. The monoisotopic (exact) mass is 324 g/mol. The molecule has 2 aromatic rings. The predicted molar refractivity (Wildman–Crippen MR) is 80.6 cm³/mol. The first-order valence-electron chi connectivity index (χ1n) is 6.03. The molecule has 1 aromatic carbocycles. The van der Waals surface area contributed by atoms with Crippen LogP contribution in [0, 0.1) is 6.92 Å². The molecule has 1 heterocycles. The van der Waals surface area contributed by atoms with E-state index in [1.165, 1.54) is 0 Å². The lowest BCUT2D eigenvalue weighted by molar-refractivity contribution is 0.0636. The fraction of sp³-hybridized carbons (Fsp3) is 0.357. The number of carbonyl (C=O) groups excluding carboxylic acids is 1. The molecule has 0 spiro atoms. The van der Waals surface area contributed by atoms with Crippen LogP contribution < -0.4 is 5.32 Å². The first-order chi connectivity index (χ1) is 8.76. The first-order valence-corrected chi connectivity index (χ1v) is 6.83. The standard InChI is InChI=1S/C14H17BrN2O2/c1-8-7-16-12-10(8)5-9(6-11(12)15)17-13(18)19-14(2,3)4/h5-7,16H,1-4H3,(H,17,18). The molecule has 0 saturated carbocycles. The van der Waals surface area contributed by atoms with Gasteiger partial charge in [0.1, 0.15) is 5.60 Å². The first kappa shape index (κ1) is 13.9. The summed E-state index contributed by atoms with van der Waals surface area (Å²) in [6, 6.07) is 3.78. The van der Waals surface area contributed by atoms with E-state index < -0.39 is 11.7 Å². The van der Waals surface area contributed by atoms with Crippen molar-refractivity contribution >= 4 is 38.6 Å². The molecule has 2 rings (SSSR count). The Balaban J connectivity index is 2.26. The summed E-state index contributed by atoms with van der Waals surface area (Å²) < 4.78 is 6.14. The van der Waals surface area contributed by atoms with E-state index >= 15 is 0 Å². The number of hydrogen-bond acceptors (Lipinski definition) is 2. The largest absolute Gasteiger partial charge is 0.444 e. The van der Waals surface area contributed by atoms with Crippen molar-refractivity contribution in [2.75, 3.05) is 5.32 Å². The molecule has 5 heteroatoms. The number of rotatable bonds is 1. The van der Waals surface area contributed by atoms with Gasteiger partial charge in [-0.05, 0) is 61.3 Å². The molecular weight excluding hydrogens is 308 g/mol. The van der Waals surface area contributed by atoms with Gasteiger partial charge >= 0.3 is 6.09 Å². The van der Waals surface area contributed by atoms with Gasteiger partial charge in [-0.2, -0.15) is 0 Å². The van der Waals surface area contributed by atoms with Crippen molar-refractivity contribution in [2.45, 2.75) is 33.3 Å². The average Bonchev–Trinajstić information content (AvgIpc) is 2.58. The van der Waals surface area contributed by atoms with Crippen molar-refractivity contribution in [3.63, 3.8) is 0 Å². The fourth-order valence-corrected chi connectivity index (χ4v) is 2.39. The van der Waals surface area contributed by atoms with Crippen molar-refractivity contribution in [3.05, 3.63) is 28.4 Å². The number of fused-ring (bicyclic) bond motifs is 1. The molecule has 4 nitrogen and oxygen atoms in total. The zero-order valence-electron chi connectivity index (χ0n) is 11.4. The van der Waals surface area contributed by atoms with Crippen molar-refractivity contribution in [3.8, 4) is 0 Å². The van der Waals surface area contributed by atoms with Gasteiger partial charge in [0, 0.05) is 21.7 Å². The van der Waals surface area contributed by atoms with E-state index in [-0.39, 0.29) is 0 Å². The van der Waals surface area contributed by atoms with Crippen molar-refractivity contribution in [1.29, 1.82) is 0 Å². The van der Waals surface area contributed by atoms with Crippen molar-refractivity contribution < 1.29 is 9.53 Å². The van der Waals surface area contributed by atoms with Gasteiger partial charge in [-0.15, -0.1) is 0 Å². The van der Waals surface area contributed by atoms with E-state index in [2.05, 4.69) is 26.2 Å². The highest BCUT2D eigenvalue weighted by molar-refractivity contribution is 9.10. The Morgan fingerprint density at radius 1 is 1.37 bits per heavy atom. The van der Waals surface area contributed by atoms with Crippen LogP contribution in [0.1, 0.15) is 26.3 Å². The second-order valence-corrected chi connectivity index (χ2v) is 6.33. The zero-order chi connectivity index (χ0) is 14.2. The number of ether oxygens (including phenoxy) is 1. The van der Waals surface area contributed by atoms with Gasteiger partial charge < -0.3 is 9.72 Å². The maximum atomic E-state index is 11.7.